The first kappa shape index (κ1) is 15.8. The number of carbonyl (C=O) groups is 1. The Hall–Kier alpha value is -1.56. The minimum Gasteiger partial charge on any atom is -0.340 e. The monoisotopic (exact) mass is 326 g/mol. The van der Waals surface area contributed by atoms with Gasteiger partial charge in [0.05, 0.1) is 0 Å². The van der Waals surface area contributed by atoms with Crippen molar-refractivity contribution in [3.63, 3.8) is 0 Å². The van der Waals surface area contributed by atoms with E-state index in [4.69, 9.17) is 11.6 Å². The molecule has 7 heteroatoms. The predicted molar refractivity (Wildman–Crippen MR) is 86.7 cm³/mol. The minimum atomic E-state index is -0.228. The van der Waals surface area contributed by atoms with Gasteiger partial charge in [0.15, 0.2) is 0 Å². The number of nitrogens with one attached hydrogen (secondary N) is 2. The summed E-state index contributed by atoms with van der Waals surface area (Å²) in [5, 5.41) is 7.05. The summed E-state index contributed by atoms with van der Waals surface area (Å²) in [7, 11) is 0. The van der Waals surface area contributed by atoms with Crippen molar-refractivity contribution in [2.24, 2.45) is 4.99 Å². The molecule has 21 heavy (non-hydrogen) atoms. The second-order valence-electron chi connectivity index (χ2n) is 4.71. The minimum absolute atomic E-state index is 0. The fourth-order valence-electron chi connectivity index (χ4n) is 2.21. The van der Waals surface area contributed by atoms with E-state index < -0.39 is 0 Å². The third-order valence-corrected chi connectivity index (χ3v) is 3.53. The Morgan fingerprint density at radius 1 is 1.19 bits per heavy atom. The van der Waals surface area contributed by atoms with E-state index in [1.165, 1.54) is 0 Å². The summed E-state index contributed by atoms with van der Waals surface area (Å²) in [6.45, 7) is 3.52. The normalized spacial score (nSPS) is 20.0. The number of guanidine groups is 1. The van der Waals surface area contributed by atoms with Crippen molar-refractivity contribution in [2.45, 2.75) is 0 Å². The zero-order valence-corrected chi connectivity index (χ0v) is 12.9. The molecule has 0 aliphatic carbocycles. The fourth-order valence-corrected chi connectivity index (χ4v) is 2.33. The molecule has 2 aliphatic rings. The molecule has 1 saturated heterocycles. The summed E-state index contributed by atoms with van der Waals surface area (Å²) < 4.78 is 0. The van der Waals surface area contributed by atoms with Crippen LogP contribution in [0.4, 0.5) is 0 Å². The van der Waals surface area contributed by atoms with E-state index in [9.17, 15) is 4.79 Å². The number of carbonyl (C=O) groups excluding carboxylic acids is 1. The van der Waals surface area contributed by atoms with Crippen molar-refractivity contribution in [3.8, 4) is 0 Å². The lowest BCUT2D eigenvalue weighted by atomic mass is 10.2. The van der Waals surface area contributed by atoms with Crippen molar-refractivity contribution >= 4 is 42.0 Å². The highest BCUT2D eigenvalue weighted by molar-refractivity contribution is 6.30. The highest BCUT2D eigenvalue weighted by Gasteiger charge is 2.24. The largest absolute Gasteiger partial charge is 0.340 e. The first-order valence-corrected chi connectivity index (χ1v) is 6.93. The van der Waals surface area contributed by atoms with Crippen LogP contribution in [-0.2, 0) is 4.79 Å². The van der Waals surface area contributed by atoms with E-state index >= 15 is 0 Å². The second-order valence-corrected chi connectivity index (χ2v) is 5.15. The molecule has 112 valence electrons. The van der Waals surface area contributed by atoms with Crippen molar-refractivity contribution in [1.29, 1.82) is 0 Å². The Kier molecular flexibility index (Phi) is 5.22. The summed E-state index contributed by atoms with van der Waals surface area (Å²) in [6.07, 6.45) is 1.79. The van der Waals surface area contributed by atoms with Gasteiger partial charge in [0, 0.05) is 31.2 Å². The van der Waals surface area contributed by atoms with Crippen LogP contribution in [0.1, 0.15) is 5.56 Å². The number of nitrogens with zero attached hydrogens (tertiary/aromatic N) is 2. The molecule has 0 spiro atoms. The molecule has 1 fully saturated rings. The van der Waals surface area contributed by atoms with Gasteiger partial charge in [-0.05, 0) is 23.8 Å². The Labute approximate surface area is 134 Å². The highest BCUT2D eigenvalue weighted by atomic mass is 35.5. The first-order chi connectivity index (χ1) is 9.72. The summed E-state index contributed by atoms with van der Waals surface area (Å²) >= 11 is 5.84. The van der Waals surface area contributed by atoms with Gasteiger partial charge >= 0.3 is 0 Å². The van der Waals surface area contributed by atoms with Gasteiger partial charge in [0.1, 0.15) is 5.70 Å². The standard InChI is InChI=1S/C14H15ClN4O.ClH/c15-11-3-1-10(2-4-11)9-12-13(20)18-14(17-12)19-7-5-16-6-8-19;/h1-4,9,16H,5-8H2,(H,17,18,20);1H/b12-9-;. The zero-order chi connectivity index (χ0) is 13.9. The van der Waals surface area contributed by atoms with Crippen molar-refractivity contribution in [1.82, 2.24) is 15.5 Å². The lowest BCUT2D eigenvalue weighted by molar-refractivity contribution is -0.114. The van der Waals surface area contributed by atoms with Crippen LogP contribution in [0.3, 0.4) is 0 Å². The van der Waals surface area contributed by atoms with Crippen LogP contribution < -0.4 is 10.6 Å². The van der Waals surface area contributed by atoms with Crippen molar-refractivity contribution in [2.75, 3.05) is 26.2 Å². The maximum atomic E-state index is 11.9. The number of rotatable bonds is 1. The van der Waals surface area contributed by atoms with Gasteiger partial charge in [-0.25, -0.2) is 0 Å². The molecule has 1 aromatic rings. The van der Waals surface area contributed by atoms with E-state index in [0.717, 1.165) is 31.7 Å². The third-order valence-electron chi connectivity index (χ3n) is 3.28. The Morgan fingerprint density at radius 3 is 2.52 bits per heavy atom. The van der Waals surface area contributed by atoms with Crippen LogP contribution in [0.25, 0.3) is 6.08 Å². The van der Waals surface area contributed by atoms with Crippen molar-refractivity contribution < 1.29 is 4.79 Å². The van der Waals surface area contributed by atoms with Gasteiger partial charge in [0.2, 0.25) is 5.96 Å². The molecular weight excluding hydrogens is 311 g/mol. The van der Waals surface area contributed by atoms with Crippen LogP contribution >= 0.6 is 24.0 Å². The van der Waals surface area contributed by atoms with E-state index in [1.54, 1.807) is 18.2 Å². The van der Waals surface area contributed by atoms with Crippen LogP contribution in [0.5, 0.6) is 0 Å². The predicted octanol–water partition coefficient (Wildman–Crippen LogP) is 1.49. The summed E-state index contributed by atoms with van der Waals surface area (Å²) in [4.78, 5) is 18.1. The molecule has 0 aromatic heterocycles. The highest BCUT2D eigenvalue weighted by Crippen LogP contribution is 2.14. The van der Waals surface area contributed by atoms with Crippen LogP contribution in [0, 0.1) is 0 Å². The van der Waals surface area contributed by atoms with E-state index in [2.05, 4.69) is 20.5 Å². The van der Waals surface area contributed by atoms with E-state index in [1.807, 2.05) is 12.1 Å². The van der Waals surface area contributed by atoms with E-state index in [-0.39, 0.29) is 18.3 Å². The molecule has 1 amide bonds. The topological polar surface area (TPSA) is 56.7 Å². The summed E-state index contributed by atoms with van der Waals surface area (Å²) in [5.74, 6) is 0.421. The Balaban J connectivity index is 0.00000161. The molecule has 2 heterocycles. The fraction of sp³-hybridized carbons (Fsp3) is 0.286. The molecule has 2 N–H and O–H groups in total. The molecular formula is C14H16Cl2N4O. The van der Waals surface area contributed by atoms with Gasteiger partial charge in [0.25, 0.3) is 5.91 Å². The molecule has 0 atom stereocenters. The maximum Gasteiger partial charge on any atom is 0.296 e. The summed E-state index contributed by atoms with van der Waals surface area (Å²) in [5.41, 5.74) is 1.42. The Bertz CT molecular complexity index is 577. The molecule has 5 nitrogen and oxygen atoms in total. The second kappa shape index (κ2) is 6.93. The molecule has 3 rings (SSSR count). The Morgan fingerprint density at radius 2 is 1.86 bits per heavy atom. The van der Waals surface area contributed by atoms with Crippen LogP contribution in [-0.4, -0.2) is 42.9 Å². The van der Waals surface area contributed by atoms with E-state index in [0.29, 0.717) is 16.7 Å². The van der Waals surface area contributed by atoms with Crippen LogP contribution in [0.15, 0.2) is 35.0 Å². The molecule has 0 radical (unpaired) electrons. The quantitative estimate of drug-likeness (QED) is 0.768. The van der Waals surface area contributed by atoms with Gasteiger partial charge < -0.3 is 15.5 Å². The molecule has 0 bridgehead atoms. The van der Waals surface area contributed by atoms with Crippen LogP contribution in [0.2, 0.25) is 5.02 Å². The lowest BCUT2D eigenvalue weighted by Crippen LogP contribution is -2.49. The first-order valence-electron chi connectivity index (χ1n) is 6.55. The van der Waals surface area contributed by atoms with Gasteiger partial charge in [-0.3, -0.25) is 4.79 Å². The third kappa shape index (κ3) is 3.75. The molecule has 1 aromatic carbocycles. The molecule has 0 unspecified atom stereocenters. The number of halogens is 2. The van der Waals surface area contributed by atoms with Gasteiger partial charge in [-0.2, -0.15) is 4.99 Å². The smallest absolute Gasteiger partial charge is 0.296 e. The van der Waals surface area contributed by atoms with Gasteiger partial charge in [-0.15, -0.1) is 12.4 Å². The maximum absolute atomic E-state index is 11.9. The average molecular weight is 327 g/mol. The number of piperazine rings is 1. The molecule has 0 saturated carbocycles. The summed E-state index contributed by atoms with van der Waals surface area (Å²) in [6, 6.07) is 7.33. The average Bonchev–Trinajstić information content (AvgIpc) is 2.84. The molecule has 2 aliphatic heterocycles. The van der Waals surface area contributed by atoms with Gasteiger partial charge in [-0.1, -0.05) is 23.7 Å². The number of amides is 1. The van der Waals surface area contributed by atoms with Crippen molar-refractivity contribution in [3.05, 3.63) is 40.5 Å². The lowest BCUT2D eigenvalue weighted by Gasteiger charge is -2.28. The number of hydrogen-bond acceptors (Lipinski definition) is 4. The zero-order valence-electron chi connectivity index (χ0n) is 11.3. The number of hydrogen-bond donors (Lipinski definition) is 2. The SMILES string of the molecule is Cl.O=C1N=C(N2CCNCC2)N/C1=C\c1ccc(Cl)cc1. The number of benzene rings is 1. The number of aliphatic imine (C=N–C) groups is 1.